The van der Waals surface area contributed by atoms with Crippen molar-refractivity contribution in [2.75, 3.05) is 13.4 Å². The highest BCUT2D eigenvalue weighted by molar-refractivity contribution is 5.81. The molecule has 3 aromatic rings. The van der Waals surface area contributed by atoms with Gasteiger partial charge in [-0.05, 0) is 52.8 Å². The van der Waals surface area contributed by atoms with Crippen LogP contribution >= 0.6 is 0 Å². The molecule has 7 heteroatoms. The second-order valence-electron chi connectivity index (χ2n) is 8.09. The van der Waals surface area contributed by atoms with Crippen molar-refractivity contribution in [3.8, 4) is 22.6 Å². The summed E-state index contributed by atoms with van der Waals surface area (Å²) in [5.74, 6) is 0.124. The van der Waals surface area contributed by atoms with Crippen molar-refractivity contribution in [3.63, 3.8) is 0 Å². The van der Waals surface area contributed by atoms with Crippen LogP contribution in [0.3, 0.4) is 0 Å². The fraction of sp³-hybridized carbons (Fsp3) is 0.231. The Balaban J connectivity index is 1.20. The minimum Gasteiger partial charge on any atom is -0.480 e. The molecule has 33 heavy (non-hydrogen) atoms. The Labute approximate surface area is 190 Å². The lowest BCUT2D eigenvalue weighted by Gasteiger charge is -2.17. The van der Waals surface area contributed by atoms with Crippen LogP contribution in [-0.4, -0.2) is 36.6 Å². The van der Waals surface area contributed by atoms with Gasteiger partial charge in [0.2, 0.25) is 6.79 Å². The first-order chi connectivity index (χ1) is 16.1. The lowest BCUT2D eigenvalue weighted by atomic mass is 9.98. The number of ether oxygens (including phenoxy) is 3. The van der Waals surface area contributed by atoms with Crippen molar-refractivity contribution in [2.45, 2.75) is 24.8 Å². The molecule has 2 N–H and O–H groups in total. The SMILES string of the molecule is O=C(N[C@H](CCc1ccc2c(c1)OCO2)C(=O)O)OCC1c2ccccc2-c2ccccc21. The van der Waals surface area contributed by atoms with Crippen LogP contribution in [0.25, 0.3) is 11.1 Å². The van der Waals surface area contributed by atoms with Crippen molar-refractivity contribution in [2.24, 2.45) is 0 Å². The zero-order valence-corrected chi connectivity index (χ0v) is 17.8. The number of aryl methyl sites for hydroxylation is 1. The number of carbonyl (C=O) groups excluding carboxylic acids is 1. The van der Waals surface area contributed by atoms with Crippen molar-refractivity contribution < 1.29 is 28.9 Å². The maximum absolute atomic E-state index is 12.5. The van der Waals surface area contributed by atoms with Crippen LogP contribution in [0.1, 0.15) is 29.0 Å². The van der Waals surface area contributed by atoms with E-state index < -0.39 is 18.1 Å². The molecule has 1 atom stereocenters. The first kappa shape index (κ1) is 20.9. The van der Waals surface area contributed by atoms with E-state index in [-0.39, 0.29) is 25.7 Å². The van der Waals surface area contributed by atoms with Gasteiger partial charge in [-0.3, -0.25) is 0 Å². The van der Waals surface area contributed by atoms with Crippen LogP contribution < -0.4 is 14.8 Å². The van der Waals surface area contributed by atoms with Gasteiger partial charge in [-0.1, -0.05) is 54.6 Å². The van der Waals surface area contributed by atoms with Gasteiger partial charge >= 0.3 is 12.1 Å². The molecule has 0 saturated heterocycles. The number of benzene rings is 3. The molecule has 5 rings (SSSR count). The maximum Gasteiger partial charge on any atom is 0.407 e. The summed E-state index contributed by atoms with van der Waals surface area (Å²) in [6.45, 7) is 0.314. The largest absolute Gasteiger partial charge is 0.480 e. The highest BCUT2D eigenvalue weighted by Gasteiger charge is 2.29. The van der Waals surface area contributed by atoms with Crippen LogP contribution in [-0.2, 0) is 16.0 Å². The lowest BCUT2D eigenvalue weighted by molar-refractivity contribution is -0.139. The molecule has 1 amide bonds. The van der Waals surface area contributed by atoms with Gasteiger partial charge in [0.25, 0.3) is 0 Å². The molecule has 0 radical (unpaired) electrons. The van der Waals surface area contributed by atoms with E-state index in [0.717, 1.165) is 27.8 Å². The second-order valence-corrected chi connectivity index (χ2v) is 8.09. The number of fused-ring (bicyclic) bond motifs is 4. The average molecular weight is 445 g/mol. The molecule has 0 spiro atoms. The normalized spacial score (nSPS) is 14.3. The Morgan fingerprint density at radius 1 is 0.970 bits per heavy atom. The van der Waals surface area contributed by atoms with Gasteiger partial charge in [0, 0.05) is 5.92 Å². The van der Waals surface area contributed by atoms with Gasteiger partial charge in [0.1, 0.15) is 12.6 Å². The van der Waals surface area contributed by atoms with Crippen molar-refractivity contribution >= 4 is 12.1 Å². The van der Waals surface area contributed by atoms with E-state index in [0.29, 0.717) is 17.9 Å². The standard InChI is InChI=1S/C26H23NO6/c28-25(29)22(11-9-16-10-12-23-24(13-16)33-15-32-23)27-26(30)31-14-21-19-7-3-1-5-17(19)18-6-2-4-8-20(18)21/h1-8,10,12-13,21-22H,9,11,14-15H2,(H,27,30)(H,28,29)/t22-/m1/s1. The molecule has 1 aliphatic carbocycles. The molecule has 1 aliphatic heterocycles. The minimum atomic E-state index is -1.11. The van der Waals surface area contributed by atoms with Crippen LogP contribution in [0.4, 0.5) is 4.79 Å². The fourth-order valence-corrected chi connectivity index (χ4v) is 4.45. The summed E-state index contributed by atoms with van der Waals surface area (Å²) in [5, 5.41) is 12.1. The van der Waals surface area contributed by atoms with Crippen LogP contribution in [0.2, 0.25) is 0 Å². The third-order valence-corrected chi connectivity index (χ3v) is 6.09. The number of nitrogens with one attached hydrogen (secondary N) is 1. The van der Waals surface area contributed by atoms with Crippen molar-refractivity contribution in [3.05, 3.63) is 83.4 Å². The fourth-order valence-electron chi connectivity index (χ4n) is 4.45. The summed E-state index contributed by atoms with van der Waals surface area (Å²) >= 11 is 0. The Kier molecular flexibility index (Phi) is 5.60. The Morgan fingerprint density at radius 3 is 2.33 bits per heavy atom. The molecule has 0 fully saturated rings. The van der Waals surface area contributed by atoms with Gasteiger partial charge in [0.05, 0.1) is 0 Å². The number of rotatable bonds is 7. The molecule has 7 nitrogen and oxygen atoms in total. The Morgan fingerprint density at radius 2 is 1.64 bits per heavy atom. The number of carboxylic acids is 1. The maximum atomic E-state index is 12.5. The quantitative estimate of drug-likeness (QED) is 0.562. The minimum absolute atomic E-state index is 0.0833. The molecule has 1 heterocycles. The predicted molar refractivity (Wildman–Crippen MR) is 121 cm³/mol. The Bertz CT molecular complexity index is 1160. The third-order valence-electron chi connectivity index (χ3n) is 6.09. The monoisotopic (exact) mass is 445 g/mol. The van der Waals surface area contributed by atoms with Gasteiger partial charge in [0.15, 0.2) is 11.5 Å². The molecule has 0 saturated carbocycles. The topological polar surface area (TPSA) is 94.1 Å². The zero-order chi connectivity index (χ0) is 22.8. The number of hydrogen-bond donors (Lipinski definition) is 2. The molecular weight excluding hydrogens is 422 g/mol. The summed E-state index contributed by atoms with van der Waals surface area (Å²) in [5.41, 5.74) is 5.37. The summed E-state index contributed by atoms with van der Waals surface area (Å²) < 4.78 is 16.1. The lowest BCUT2D eigenvalue weighted by Crippen LogP contribution is -2.41. The zero-order valence-electron chi connectivity index (χ0n) is 17.8. The van der Waals surface area contributed by atoms with Crippen LogP contribution in [0.5, 0.6) is 11.5 Å². The summed E-state index contributed by atoms with van der Waals surface area (Å²) in [6, 6.07) is 20.5. The van der Waals surface area contributed by atoms with Gasteiger partial charge < -0.3 is 24.6 Å². The van der Waals surface area contributed by atoms with E-state index in [1.54, 1.807) is 6.07 Å². The number of carbonyl (C=O) groups is 2. The number of amides is 1. The van der Waals surface area contributed by atoms with E-state index in [9.17, 15) is 14.7 Å². The van der Waals surface area contributed by atoms with E-state index >= 15 is 0 Å². The molecule has 2 aliphatic rings. The number of carboxylic acid groups (broad SMARTS) is 1. The number of alkyl carbamates (subject to hydrolysis) is 1. The first-order valence-corrected chi connectivity index (χ1v) is 10.8. The van der Waals surface area contributed by atoms with Crippen molar-refractivity contribution in [1.29, 1.82) is 0 Å². The summed E-state index contributed by atoms with van der Waals surface area (Å²) in [6.07, 6.45) is -0.0638. The van der Waals surface area contributed by atoms with Gasteiger partial charge in [-0.2, -0.15) is 0 Å². The summed E-state index contributed by atoms with van der Waals surface area (Å²) in [4.78, 5) is 24.2. The van der Waals surface area contributed by atoms with E-state index in [4.69, 9.17) is 14.2 Å². The molecule has 0 bridgehead atoms. The Hall–Kier alpha value is -4.00. The third kappa shape index (κ3) is 4.22. The molecule has 3 aromatic carbocycles. The molecule has 168 valence electrons. The molecule has 0 unspecified atom stereocenters. The second kappa shape index (κ2) is 8.86. The van der Waals surface area contributed by atoms with Crippen LogP contribution in [0.15, 0.2) is 66.7 Å². The summed E-state index contributed by atoms with van der Waals surface area (Å²) in [7, 11) is 0. The molecular formula is C26H23NO6. The number of aliphatic carboxylic acids is 1. The molecule has 0 aromatic heterocycles. The van der Waals surface area contributed by atoms with Gasteiger partial charge in [-0.25, -0.2) is 9.59 Å². The predicted octanol–water partition coefficient (Wildman–Crippen LogP) is 4.34. The smallest absolute Gasteiger partial charge is 0.407 e. The van der Waals surface area contributed by atoms with Crippen LogP contribution in [0, 0.1) is 0 Å². The van der Waals surface area contributed by atoms with Crippen molar-refractivity contribution in [1.82, 2.24) is 5.32 Å². The number of hydrogen-bond acceptors (Lipinski definition) is 5. The average Bonchev–Trinajstić information content (AvgIpc) is 3.42. The van der Waals surface area contributed by atoms with E-state index in [2.05, 4.69) is 17.4 Å². The van der Waals surface area contributed by atoms with E-state index in [1.165, 1.54) is 0 Å². The van der Waals surface area contributed by atoms with Gasteiger partial charge in [-0.15, -0.1) is 0 Å². The highest BCUT2D eigenvalue weighted by Crippen LogP contribution is 2.44. The highest BCUT2D eigenvalue weighted by atomic mass is 16.7. The first-order valence-electron chi connectivity index (χ1n) is 10.8. The van der Waals surface area contributed by atoms with E-state index in [1.807, 2.05) is 48.5 Å².